The Bertz CT molecular complexity index is 1830. The number of hydrogen-bond donors (Lipinski definition) is 1. The minimum Gasteiger partial charge on any atom is -0.497 e. The number of nitrogens with zero attached hydrogens (tertiary/aromatic N) is 5. The maximum absolute atomic E-state index is 15.0. The lowest BCUT2D eigenvalue weighted by Crippen LogP contribution is -2.31. The van der Waals surface area contributed by atoms with Crippen molar-refractivity contribution in [2.75, 3.05) is 29.7 Å². The quantitative estimate of drug-likeness (QED) is 0.203. The highest BCUT2D eigenvalue weighted by atomic mass is 32.2. The van der Waals surface area contributed by atoms with Crippen LogP contribution in [0.2, 0.25) is 0 Å². The zero-order valence-electron chi connectivity index (χ0n) is 23.9. The van der Waals surface area contributed by atoms with E-state index in [2.05, 4.69) is 20.4 Å². The Kier molecular flexibility index (Phi) is 9.53. The standard InChI is InChI=1S/C29H21F7N6O4S/c1-45-20-8-4-17(12-46-14-28(31,32)33)23(11-20)42-24(43)13-47-27(42)39-26(44)38-22-9-7-19(10-21(22)30)41-15-37-25(40-41)16-2-5-18(6-3-16)29(34,35)36/h2-11,15H,12-14H2,1H3,(H,38,44)/b39-27-. The van der Waals surface area contributed by atoms with Crippen LogP contribution < -0.4 is 15.0 Å². The number of amidine groups is 1. The summed E-state index contributed by atoms with van der Waals surface area (Å²) in [7, 11) is 1.35. The van der Waals surface area contributed by atoms with Crippen molar-refractivity contribution in [1.82, 2.24) is 14.8 Å². The number of carbonyl (C=O) groups excluding carboxylic acids is 2. The SMILES string of the molecule is COc1ccc(COCC(F)(F)F)c(N2C(=O)CS/C2=N\C(=O)Nc2ccc(-n3cnc(-c4ccc(C(F)(F)F)cc4)n3)cc2F)c1. The maximum Gasteiger partial charge on any atom is 0.416 e. The third-order valence-corrected chi connectivity index (χ3v) is 7.36. The van der Waals surface area contributed by atoms with Crippen LogP contribution in [0.1, 0.15) is 11.1 Å². The summed E-state index contributed by atoms with van der Waals surface area (Å²) in [5.74, 6) is -1.19. The highest BCUT2D eigenvalue weighted by Gasteiger charge is 2.33. The van der Waals surface area contributed by atoms with E-state index >= 15 is 4.39 Å². The summed E-state index contributed by atoms with van der Waals surface area (Å²) in [6.45, 7) is -2.03. The number of amides is 3. The first-order chi connectivity index (χ1) is 22.2. The summed E-state index contributed by atoms with van der Waals surface area (Å²) in [6, 6.07) is 11.0. The largest absolute Gasteiger partial charge is 0.497 e. The number of alkyl halides is 6. The molecule has 4 aromatic rings. The summed E-state index contributed by atoms with van der Waals surface area (Å²) in [6.07, 6.45) is -7.84. The number of anilines is 2. The molecule has 10 nitrogen and oxygen atoms in total. The van der Waals surface area contributed by atoms with Gasteiger partial charge in [-0.2, -0.15) is 31.3 Å². The van der Waals surface area contributed by atoms with E-state index in [0.717, 1.165) is 34.9 Å². The molecule has 1 aliphatic heterocycles. The average Bonchev–Trinajstić information content (AvgIpc) is 3.64. The fourth-order valence-corrected chi connectivity index (χ4v) is 5.12. The molecule has 246 valence electrons. The zero-order chi connectivity index (χ0) is 33.9. The molecule has 1 aliphatic rings. The van der Waals surface area contributed by atoms with Gasteiger partial charge in [-0.3, -0.25) is 9.69 Å². The molecule has 1 N–H and O–H groups in total. The van der Waals surface area contributed by atoms with Crippen molar-refractivity contribution in [3.05, 3.63) is 83.9 Å². The lowest BCUT2D eigenvalue weighted by Gasteiger charge is -2.21. The number of aromatic nitrogens is 3. The lowest BCUT2D eigenvalue weighted by atomic mass is 10.1. The van der Waals surface area contributed by atoms with Crippen molar-refractivity contribution < 1.29 is 49.8 Å². The van der Waals surface area contributed by atoms with Crippen molar-refractivity contribution in [1.29, 1.82) is 0 Å². The van der Waals surface area contributed by atoms with E-state index in [1.165, 1.54) is 60.6 Å². The van der Waals surface area contributed by atoms with Crippen molar-refractivity contribution in [3.8, 4) is 22.8 Å². The molecule has 0 unspecified atom stereocenters. The topological polar surface area (TPSA) is 111 Å². The smallest absolute Gasteiger partial charge is 0.416 e. The number of nitrogens with one attached hydrogen (secondary N) is 1. The predicted octanol–water partition coefficient (Wildman–Crippen LogP) is 6.85. The first-order valence-electron chi connectivity index (χ1n) is 13.3. The fourth-order valence-electron chi connectivity index (χ4n) is 4.27. The summed E-state index contributed by atoms with van der Waals surface area (Å²) < 4.78 is 103. The number of benzene rings is 3. The van der Waals surface area contributed by atoms with Crippen LogP contribution in [0.4, 0.5) is 46.9 Å². The molecule has 2 heterocycles. The minimum atomic E-state index is -4.57. The molecule has 47 heavy (non-hydrogen) atoms. The molecule has 3 aromatic carbocycles. The third kappa shape index (κ3) is 8.07. The predicted molar refractivity (Wildman–Crippen MR) is 157 cm³/mol. The second-order valence-corrected chi connectivity index (χ2v) is 10.6. The Morgan fingerprint density at radius 3 is 2.45 bits per heavy atom. The number of urea groups is 1. The molecule has 1 aromatic heterocycles. The highest BCUT2D eigenvalue weighted by molar-refractivity contribution is 8.15. The van der Waals surface area contributed by atoms with E-state index in [0.29, 0.717) is 5.56 Å². The molecule has 1 fully saturated rings. The summed E-state index contributed by atoms with van der Waals surface area (Å²) in [4.78, 5) is 34.6. The van der Waals surface area contributed by atoms with Crippen LogP contribution in [-0.2, 0) is 22.3 Å². The zero-order valence-corrected chi connectivity index (χ0v) is 24.7. The van der Waals surface area contributed by atoms with Gasteiger partial charge in [-0.05, 0) is 30.3 Å². The van der Waals surface area contributed by atoms with E-state index in [-0.39, 0.29) is 45.1 Å². The Labute approximate surface area is 265 Å². The third-order valence-electron chi connectivity index (χ3n) is 6.44. The van der Waals surface area contributed by atoms with Gasteiger partial charge in [0.2, 0.25) is 5.91 Å². The van der Waals surface area contributed by atoms with Crippen molar-refractivity contribution in [2.24, 2.45) is 4.99 Å². The van der Waals surface area contributed by atoms with Crippen LogP contribution in [0.15, 0.2) is 72.0 Å². The molecular formula is C29H21F7N6O4S. The first-order valence-corrected chi connectivity index (χ1v) is 14.3. The lowest BCUT2D eigenvalue weighted by molar-refractivity contribution is -0.176. The van der Waals surface area contributed by atoms with Gasteiger partial charge >= 0.3 is 18.4 Å². The van der Waals surface area contributed by atoms with E-state index in [1.807, 2.05) is 0 Å². The van der Waals surface area contributed by atoms with Gasteiger partial charge in [-0.1, -0.05) is 30.0 Å². The van der Waals surface area contributed by atoms with Crippen LogP contribution in [0.5, 0.6) is 5.75 Å². The molecule has 5 rings (SSSR count). The highest BCUT2D eigenvalue weighted by Crippen LogP contribution is 2.34. The van der Waals surface area contributed by atoms with E-state index in [1.54, 1.807) is 0 Å². The Morgan fingerprint density at radius 1 is 1.04 bits per heavy atom. The molecule has 1 saturated heterocycles. The number of thioether (sulfide) groups is 1. The molecule has 0 bridgehead atoms. The van der Waals surface area contributed by atoms with E-state index in [9.17, 15) is 35.9 Å². The van der Waals surface area contributed by atoms with Gasteiger partial charge in [-0.15, -0.1) is 5.10 Å². The van der Waals surface area contributed by atoms with Crippen LogP contribution in [0.3, 0.4) is 0 Å². The number of ether oxygens (including phenoxy) is 2. The average molecular weight is 683 g/mol. The molecule has 3 amide bonds. The van der Waals surface area contributed by atoms with Gasteiger partial charge in [0.25, 0.3) is 0 Å². The van der Waals surface area contributed by atoms with Gasteiger partial charge in [0, 0.05) is 23.3 Å². The van der Waals surface area contributed by atoms with Gasteiger partial charge in [-0.25, -0.2) is 18.9 Å². The Hall–Kier alpha value is -4.97. The molecular weight excluding hydrogens is 661 g/mol. The first kappa shape index (κ1) is 33.4. The van der Waals surface area contributed by atoms with E-state index in [4.69, 9.17) is 9.47 Å². The van der Waals surface area contributed by atoms with Crippen LogP contribution >= 0.6 is 11.8 Å². The molecule has 0 saturated carbocycles. The molecule has 0 atom stereocenters. The molecule has 0 aliphatic carbocycles. The number of hydrogen-bond acceptors (Lipinski definition) is 7. The normalized spacial score (nSPS) is 14.6. The Morgan fingerprint density at radius 2 is 1.79 bits per heavy atom. The maximum atomic E-state index is 15.0. The van der Waals surface area contributed by atoms with Gasteiger partial charge in [0.05, 0.1) is 42.1 Å². The number of carbonyl (C=O) groups is 2. The summed E-state index contributed by atoms with van der Waals surface area (Å²) >= 11 is 0.885. The van der Waals surface area contributed by atoms with Crippen molar-refractivity contribution in [2.45, 2.75) is 19.0 Å². The summed E-state index contributed by atoms with van der Waals surface area (Å²) in [5.41, 5.74) is -0.362. The number of halogens is 7. The number of aliphatic imine (C=N–C) groups is 1. The minimum absolute atomic E-state index is 0.0895. The second kappa shape index (κ2) is 13.4. The van der Waals surface area contributed by atoms with Crippen molar-refractivity contribution >= 4 is 40.2 Å². The molecule has 0 spiro atoms. The van der Waals surface area contributed by atoms with Gasteiger partial charge in [0.15, 0.2) is 11.0 Å². The second-order valence-electron chi connectivity index (χ2n) is 9.70. The fraction of sp³-hybridized carbons (Fsp3) is 0.207. The monoisotopic (exact) mass is 682 g/mol. The van der Waals surface area contributed by atoms with Crippen LogP contribution in [-0.4, -0.2) is 57.5 Å². The van der Waals surface area contributed by atoms with Crippen LogP contribution in [0.25, 0.3) is 17.1 Å². The molecule has 0 radical (unpaired) electrons. The summed E-state index contributed by atoms with van der Waals surface area (Å²) in [5, 5.41) is 6.33. The van der Waals surface area contributed by atoms with E-state index < -0.39 is 48.9 Å². The van der Waals surface area contributed by atoms with Crippen LogP contribution in [0, 0.1) is 5.82 Å². The number of methoxy groups -OCH3 is 1. The molecule has 18 heteroatoms. The Balaban J connectivity index is 1.31. The van der Waals surface area contributed by atoms with Gasteiger partial charge < -0.3 is 14.8 Å². The van der Waals surface area contributed by atoms with Gasteiger partial charge in [0.1, 0.15) is 24.5 Å². The number of rotatable bonds is 8. The van der Waals surface area contributed by atoms with Crippen molar-refractivity contribution in [3.63, 3.8) is 0 Å².